The van der Waals surface area contributed by atoms with Crippen molar-refractivity contribution in [1.82, 2.24) is 13.9 Å². The number of hydrogen-bond acceptors (Lipinski definition) is 2. The Bertz CT molecular complexity index is 999. The van der Waals surface area contributed by atoms with Gasteiger partial charge in [-0.2, -0.15) is 0 Å². The summed E-state index contributed by atoms with van der Waals surface area (Å²) >= 11 is 0. The maximum absolute atomic E-state index is 13.0. The molecule has 2 bridgehead atoms. The van der Waals surface area contributed by atoms with Crippen LogP contribution in [-0.2, 0) is 0 Å². The van der Waals surface area contributed by atoms with Crippen LogP contribution in [0.25, 0.3) is 5.69 Å². The van der Waals surface area contributed by atoms with E-state index in [2.05, 4.69) is 6.92 Å². The Kier molecular flexibility index (Phi) is 1.29. The molecule has 0 radical (unpaired) electrons. The van der Waals surface area contributed by atoms with Gasteiger partial charge in [0.25, 0.3) is 0 Å². The van der Waals surface area contributed by atoms with E-state index < -0.39 is 0 Å². The molecule has 0 amide bonds. The lowest BCUT2D eigenvalue weighted by molar-refractivity contribution is -0.496. The van der Waals surface area contributed by atoms with Gasteiger partial charge in [0.15, 0.2) is 0 Å². The zero-order valence-electron chi connectivity index (χ0n) is 12.1. The minimum atomic E-state index is -0.141. The monoisotopic (exact) mass is 293 g/mol. The van der Waals surface area contributed by atoms with Crippen LogP contribution in [0.15, 0.2) is 39.9 Å². The number of aromatic nitrogens is 3. The first-order chi connectivity index (χ1) is 10.7. The van der Waals surface area contributed by atoms with Gasteiger partial charge in [-0.15, -0.1) is 0 Å². The molecule has 0 N–H and O–H groups in total. The second-order valence-electron chi connectivity index (χ2n) is 8.01. The second-order valence-corrected chi connectivity index (χ2v) is 8.01. The summed E-state index contributed by atoms with van der Waals surface area (Å²) in [5.41, 5.74) is 0.707. The Hall–Kier alpha value is -2.04. The van der Waals surface area contributed by atoms with E-state index in [-0.39, 0.29) is 17.4 Å². The van der Waals surface area contributed by atoms with Crippen molar-refractivity contribution in [3.63, 3.8) is 0 Å². The summed E-state index contributed by atoms with van der Waals surface area (Å²) in [6, 6.07) is 9.89. The van der Waals surface area contributed by atoms with E-state index in [1.54, 1.807) is 0 Å². The highest BCUT2D eigenvalue weighted by atomic mass is 16.2. The van der Waals surface area contributed by atoms with Crippen molar-refractivity contribution in [1.29, 1.82) is 0 Å². The topological polar surface area (TPSA) is 48.9 Å². The lowest BCUT2D eigenvalue weighted by Crippen LogP contribution is -2.95. The van der Waals surface area contributed by atoms with Gasteiger partial charge in [0.2, 0.25) is 0 Å². The van der Waals surface area contributed by atoms with Crippen LogP contribution in [-0.4, -0.2) is 13.9 Å². The molecule has 1 aromatic heterocycles. The SMILES string of the molecule is C[C@@]12[C@H]3[C@H]4[C@H]5[C@@H]3[C@@H]1[C@@H]5n1c(=O)n(-c3ccccc3)c(=O)n1[C@H]42. The smallest absolute Gasteiger partial charge is 0.245 e. The summed E-state index contributed by atoms with van der Waals surface area (Å²) in [6.45, 7) is 2.35. The van der Waals surface area contributed by atoms with E-state index in [1.807, 2.05) is 39.7 Å². The molecule has 8 atom stereocenters. The quantitative estimate of drug-likeness (QED) is 0.789. The molecule has 110 valence electrons. The minimum Gasteiger partial charge on any atom is -0.245 e. The normalized spacial score (nSPS) is 50.1. The Morgan fingerprint density at radius 1 is 0.909 bits per heavy atom. The predicted molar refractivity (Wildman–Crippen MR) is 77.9 cm³/mol. The molecule has 0 saturated heterocycles. The van der Waals surface area contributed by atoms with Gasteiger partial charge in [-0.25, -0.2) is 23.5 Å². The van der Waals surface area contributed by atoms with Gasteiger partial charge in [-0.3, -0.25) is 0 Å². The fraction of sp³-hybridized carbons (Fsp3) is 0.529. The molecule has 5 nitrogen and oxygen atoms in total. The number of nitrogens with zero attached hydrogens (tertiary/aromatic N) is 3. The van der Waals surface area contributed by atoms with Crippen LogP contribution < -0.4 is 11.4 Å². The molecular formula is C17H15N3O2. The van der Waals surface area contributed by atoms with Crippen molar-refractivity contribution < 1.29 is 0 Å². The molecule has 4 saturated carbocycles. The Morgan fingerprint density at radius 2 is 1.64 bits per heavy atom. The highest BCUT2D eigenvalue weighted by Crippen LogP contribution is 2.96. The van der Waals surface area contributed by atoms with Crippen LogP contribution in [0.1, 0.15) is 19.0 Å². The molecule has 4 aliphatic carbocycles. The van der Waals surface area contributed by atoms with Crippen molar-refractivity contribution >= 4 is 0 Å². The fourth-order valence-electron chi connectivity index (χ4n) is 7.43. The molecule has 6 aliphatic rings. The van der Waals surface area contributed by atoms with Crippen LogP contribution in [0.4, 0.5) is 0 Å². The fourth-order valence-corrected chi connectivity index (χ4v) is 7.43. The standard InChI is InChI=1S/C17H15N3O2/c1-17-11-9-8-10(11)14(17)20-16(22)18(7-5-3-2-4-6-7)15(21)19(20)13(8)12(9)17/h2-6,8-14H,1H3/t8-,9+,10-,11-,12-,13-,14-,17-/m1/s1. The first kappa shape index (κ1) is 10.6. The van der Waals surface area contributed by atoms with Gasteiger partial charge in [-0.05, 0) is 47.1 Å². The summed E-state index contributed by atoms with van der Waals surface area (Å²) < 4.78 is 5.01. The molecule has 5 heteroatoms. The Labute approximate surface area is 125 Å². The van der Waals surface area contributed by atoms with E-state index in [0.29, 0.717) is 34.9 Å². The molecule has 22 heavy (non-hydrogen) atoms. The number of hydrogen-bond donors (Lipinski definition) is 0. The molecule has 3 heterocycles. The second kappa shape index (κ2) is 2.66. The van der Waals surface area contributed by atoms with E-state index in [4.69, 9.17) is 0 Å². The van der Waals surface area contributed by atoms with Gasteiger partial charge in [0.1, 0.15) is 0 Å². The third-order valence-electron chi connectivity index (χ3n) is 7.90. The van der Waals surface area contributed by atoms with Gasteiger partial charge in [-0.1, -0.05) is 25.1 Å². The molecule has 8 rings (SSSR count). The molecule has 4 fully saturated rings. The maximum Gasteiger partial charge on any atom is 0.352 e. The number of benzene rings is 1. The molecule has 2 aliphatic heterocycles. The van der Waals surface area contributed by atoms with Crippen LogP contribution in [0, 0.1) is 35.0 Å². The molecule has 0 unspecified atom stereocenters. The van der Waals surface area contributed by atoms with Gasteiger partial charge < -0.3 is 0 Å². The van der Waals surface area contributed by atoms with Crippen molar-refractivity contribution in [3.8, 4) is 5.69 Å². The van der Waals surface area contributed by atoms with Crippen molar-refractivity contribution in [2.45, 2.75) is 19.0 Å². The van der Waals surface area contributed by atoms with Crippen molar-refractivity contribution in [2.75, 3.05) is 0 Å². The molecular weight excluding hydrogens is 278 g/mol. The number of rotatable bonds is 1. The van der Waals surface area contributed by atoms with Gasteiger partial charge in [0, 0.05) is 0 Å². The van der Waals surface area contributed by atoms with E-state index in [0.717, 1.165) is 11.8 Å². The van der Waals surface area contributed by atoms with E-state index in [9.17, 15) is 9.59 Å². The van der Waals surface area contributed by atoms with Gasteiger partial charge >= 0.3 is 11.4 Å². The summed E-state index contributed by atoms with van der Waals surface area (Å²) in [7, 11) is 0. The van der Waals surface area contributed by atoms with Crippen LogP contribution in [0.2, 0.25) is 0 Å². The minimum absolute atomic E-state index is 0.138. The third-order valence-corrected chi connectivity index (χ3v) is 7.90. The molecule has 2 aromatic rings. The summed E-state index contributed by atoms with van der Waals surface area (Å²) in [5.74, 6) is 3.73. The Morgan fingerprint density at radius 3 is 2.36 bits per heavy atom. The average Bonchev–Trinajstić information content (AvgIpc) is 2.72. The predicted octanol–water partition coefficient (Wildman–Crippen LogP) is 1.04. The molecule has 1 aromatic carbocycles. The Balaban J connectivity index is 1.57. The molecule has 0 spiro atoms. The first-order valence-electron chi connectivity index (χ1n) is 8.19. The van der Waals surface area contributed by atoms with E-state index >= 15 is 0 Å². The largest absolute Gasteiger partial charge is 0.352 e. The maximum atomic E-state index is 13.0. The highest BCUT2D eigenvalue weighted by molar-refractivity contribution is 5.42. The van der Waals surface area contributed by atoms with Crippen LogP contribution >= 0.6 is 0 Å². The zero-order valence-corrected chi connectivity index (χ0v) is 12.1. The van der Waals surface area contributed by atoms with Crippen LogP contribution in [0.5, 0.6) is 0 Å². The van der Waals surface area contributed by atoms with Gasteiger partial charge in [0.05, 0.1) is 17.8 Å². The highest BCUT2D eigenvalue weighted by Gasteiger charge is 2.95. The summed E-state index contributed by atoms with van der Waals surface area (Å²) in [6.07, 6.45) is 0. The first-order valence-corrected chi connectivity index (χ1v) is 8.19. The van der Waals surface area contributed by atoms with Crippen LogP contribution in [0.3, 0.4) is 0 Å². The third kappa shape index (κ3) is 0.668. The number of para-hydroxylation sites is 1. The zero-order chi connectivity index (χ0) is 14.5. The lowest BCUT2D eigenvalue weighted by Gasteiger charge is -2.96. The van der Waals surface area contributed by atoms with Crippen molar-refractivity contribution in [3.05, 3.63) is 51.3 Å². The van der Waals surface area contributed by atoms with Crippen molar-refractivity contribution in [2.24, 2.45) is 35.0 Å². The summed E-state index contributed by atoms with van der Waals surface area (Å²) in [5, 5.41) is 0. The van der Waals surface area contributed by atoms with E-state index in [1.165, 1.54) is 4.57 Å². The summed E-state index contributed by atoms with van der Waals surface area (Å²) in [4.78, 5) is 25.9. The lowest BCUT2D eigenvalue weighted by atomic mass is 9.11. The average molecular weight is 293 g/mol.